The largest absolute Gasteiger partial charge is 0.490 e. The maximum atomic E-state index is 11.5. The Balaban J connectivity index is 2.83. The third-order valence-corrected chi connectivity index (χ3v) is 2.51. The fraction of sp³-hybridized carbons (Fsp3) is 0.357. The van der Waals surface area contributed by atoms with E-state index in [0.29, 0.717) is 23.7 Å². The van der Waals surface area contributed by atoms with E-state index in [1.807, 2.05) is 6.92 Å². The number of rotatable bonds is 7. The van der Waals surface area contributed by atoms with Crippen molar-refractivity contribution in [1.82, 2.24) is 10.3 Å². The highest BCUT2D eigenvalue weighted by molar-refractivity contribution is 5.82. The summed E-state index contributed by atoms with van der Waals surface area (Å²) in [5.74, 6) is 0.785. The number of nitrogens with zero attached hydrogens (tertiary/aromatic N) is 2. The van der Waals surface area contributed by atoms with Crippen molar-refractivity contribution >= 4 is 18.2 Å². The van der Waals surface area contributed by atoms with Gasteiger partial charge in [0.2, 0.25) is 0 Å². The molecule has 0 atom stereocenters. The molecule has 22 heavy (non-hydrogen) atoms. The molecule has 1 aromatic carbocycles. The zero-order valence-corrected chi connectivity index (χ0v) is 12.8. The molecule has 1 rings (SSSR count). The fourth-order valence-corrected chi connectivity index (χ4v) is 1.43. The van der Waals surface area contributed by atoms with Gasteiger partial charge in [0.05, 0.1) is 12.8 Å². The van der Waals surface area contributed by atoms with Gasteiger partial charge in [0.15, 0.2) is 18.1 Å². The van der Waals surface area contributed by atoms with Crippen molar-refractivity contribution < 1.29 is 19.1 Å². The third-order valence-electron chi connectivity index (χ3n) is 2.51. The van der Waals surface area contributed by atoms with E-state index in [1.54, 1.807) is 32.3 Å². The highest BCUT2D eigenvalue weighted by atomic mass is 16.5. The van der Waals surface area contributed by atoms with E-state index in [-0.39, 0.29) is 12.5 Å². The first kappa shape index (κ1) is 17.3. The maximum Gasteiger partial charge on any atom is 0.332 e. The molecular weight excluding hydrogens is 288 g/mol. The van der Waals surface area contributed by atoms with Crippen LogP contribution in [0, 0.1) is 0 Å². The highest BCUT2D eigenvalue weighted by Crippen LogP contribution is 2.28. The van der Waals surface area contributed by atoms with Crippen molar-refractivity contribution in [2.24, 2.45) is 10.8 Å². The van der Waals surface area contributed by atoms with Crippen molar-refractivity contribution in [1.29, 1.82) is 0 Å². The van der Waals surface area contributed by atoms with Crippen LogP contribution in [0.5, 0.6) is 11.5 Å². The molecule has 1 aromatic rings. The van der Waals surface area contributed by atoms with Crippen LogP contribution >= 0.6 is 0 Å². The first-order valence-electron chi connectivity index (χ1n) is 6.62. The summed E-state index contributed by atoms with van der Waals surface area (Å²) < 4.78 is 10.9. The van der Waals surface area contributed by atoms with E-state index in [4.69, 9.17) is 15.2 Å². The van der Waals surface area contributed by atoms with Crippen LogP contribution in [-0.2, 0) is 4.79 Å². The second-order valence-corrected chi connectivity index (χ2v) is 4.45. The lowest BCUT2D eigenvalue weighted by molar-refractivity contribution is -0.130. The first-order valence-corrected chi connectivity index (χ1v) is 6.62. The van der Waals surface area contributed by atoms with E-state index >= 15 is 0 Å². The average Bonchev–Trinajstić information content (AvgIpc) is 2.46. The number of nitrogens with two attached hydrogens (primary N) is 1. The minimum Gasteiger partial charge on any atom is -0.490 e. The Labute approximate surface area is 128 Å². The number of likely N-dealkylation sites (N-methyl/N-ethyl adjacent to an activating group) is 1. The molecule has 0 heterocycles. The molecule has 3 amide bonds. The molecular formula is C14H20N4O4. The quantitative estimate of drug-likeness (QED) is 0.567. The molecule has 0 spiro atoms. The van der Waals surface area contributed by atoms with Gasteiger partial charge in [-0.05, 0) is 30.7 Å². The molecule has 0 aromatic heterocycles. The number of ether oxygens (including phenoxy) is 2. The van der Waals surface area contributed by atoms with E-state index in [1.165, 1.54) is 11.1 Å². The maximum absolute atomic E-state index is 11.5. The summed E-state index contributed by atoms with van der Waals surface area (Å²) in [6.07, 6.45) is 1.42. The molecule has 3 N–H and O–H groups in total. The van der Waals surface area contributed by atoms with Gasteiger partial charge >= 0.3 is 6.03 Å². The van der Waals surface area contributed by atoms with Gasteiger partial charge in [0.25, 0.3) is 5.91 Å². The number of carbonyl (C=O) groups excluding carboxylic acids is 2. The summed E-state index contributed by atoms with van der Waals surface area (Å²) in [4.78, 5) is 23.5. The molecule has 8 nitrogen and oxygen atoms in total. The Morgan fingerprint density at radius 3 is 2.64 bits per heavy atom. The predicted molar refractivity (Wildman–Crippen MR) is 82.1 cm³/mol. The molecule has 120 valence electrons. The second kappa shape index (κ2) is 8.50. The number of amides is 3. The van der Waals surface area contributed by atoms with Crippen LogP contribution in [0.4, 0.5) is 4.79 Å². The molecule has 0 radical (unpaired) electrons. The van der Waals surface area contributed by atoms with Gasteiger partial charge in [0.1, 0.15) is 0 Å². The van der Waals surface area contributed by atoms with Crippen LogP contribution in [0.3, 0.4) is 0 Å². The summed E-state index contributed by atoms with van der Waals surface area (Å²) >= 11 is 0. The van der Waals surface area contributed by atoms with Gasteiger partial charge < -0.3 is 20.1 Å². The fourth-order valence-electron chi connectivity index (χ4n) is 1.43. The van der Waals surface area contributed by atoms with Crippen LogP contribution in [-0.4, -0.2) is 50.4 Å². The molecule has 0 bridgehead atoms. The first-order chi connectivity index (χ1) is 10.4. The number of benzene rings is 1. The van der Waals surface area contributed by atoms with Gasteiger partial charge in [-0.3, -0.25) is 4.79 Å². The predicted octanol–water partition coefficient (Wildman–Crippen LogP) is 0.554. The van der Waals surface area contributed by atoms with Crippen LogP contribution in [0.2, 0.25) is 0 Å². The number of hydrogen-bond acceptors (Lipinski definition) is 5. The van der Waals surface area contributed by atoms with E-state index < -0.39 is 6.03 Å². The number of carbonyl (C=O) groups is 2. The molecule has 0 aliphatic heterocycles. The molecule has 0 fully saturated rings. The number of urea groups is 1. The van der Waals surface area contributed by atoms with Gasteiger partial charge in [0, 0.05) is 14.1 Å². The lowest BCUT2D eigenvalue weighted by atomic mass is 10.2. The molecule has 0 aliphatic carbocycles. The normalized spacial score (nSPS) is 10.3. The average molecular weight is 308 g/mol. The Kier molecular flexibility index (Phi) is 6.68. The van der Waals surface area contributed by atoms with Gasteiger partial charge in [-0.2, -0.15) is 5.10 Å². The standard InChI is InChI=1S/C14H20N4O4/c1-4-21-12-7-10(8-16-17-14(15)20)5-6-11(12)22-9-13(19)18(2)3/h5-8H,4,9H2,1-3H3,(H3,15,17,20). The monoisotopic (exact) mass is 308 g/mol. The summed E-state index contributed by atoms with van der Waals surface area (Å²) in [5, 5.41) is 3.66. The number of hydrogen-bond donors (Lipinski definition) is 2. The number of nitrogens with one attached hydrogen (secondary N) is 1. The SMILES string of the molecule is CCOc1cc(C=NNC(N)=O)ccc1OCC(=O)N(C)C. The lowest BCUT2D eigenvalue weighted by Crippen LogP contribution is -2.27. The van der Waals surface area contributed by atoms with Crippen LogP contribution in [0.1, 0.15) is 12.5 Å². The van der Waals surface area contributed by atoms with Crippen molar-refractivity contribution in [3.05, 3.63) is 23.8 Å². The van der Waals surface area contributed by atoms with E-state index in [9.17, 15) is 9.59 Å². The topological polar surface area (TPSA) is 106 Å². The molecule has 0 saturated carbocycles. The zero-order valence-electron chi connectivity index (χ0n) is 12.8. The lowest BCUT2D eigenvalue weighted by Gasteiger charge is -2.14. The smallest absolute Gasteiger partial charge is 0.332 e. The Morgan fingerprint density at radius 2 is 2.05 bits per heavy atom. The number of hydrazone groups is 1. The van der Waals surface area contributed by atoms with Gasteiger partial charge in [-0.1, -0.05) is 0 Å². The van der Waals surface area contributed by atoms with E-state index in [0.717, 1.165) is 0 Å². The minimum atomic E-state index is -0.747. The van der Waals surface area contributed by atoms with Gasteiger partial charge in [-0.15, -0.1) is 0 Å². The Morgan fingerprint density at radius 1 is 1.32 bits per heavy atom. The van der Waals surface area contributed by atoms with Crippen molar-refractivity contribution in [3.8, 4) is 11.5 Å². The van der Waals surface area contributed by atoms with Crippen LogP contribution < -0.4 is 20.6 Å². The molecule has 0 unspecified atom stereocenters. The molecule has 0 saturated heterocycles. The van der Waals surface area contributed by atoms with E-state index in [2.05, 4.69) is 10.5 Å². The van der Waals surface area contributed by atoms with Crippen molar-refractivity contribution in [2.75, 3.05) is 27.3 Å². The summed E-state index contributed by atoms with van der Waals surface area (Å²) in [5.41, 5.74) is 7.69. The second-order valence-electron chi connectivity index (χ2n) is 4.45. The third kappa shape index (κ3) is 5.70. The summed E-state index contributed by atoms with van der Waals surface area (Å²) in [6.45, 7) is 2.20. The van der Waals surface area contributed by atoms with Crippen LogP contribution in [0.15, 0.2) is 23.3 Å². The molecule has 0 aliphatic rings. The van der Waals surface area contributed by atoms with Crippen molar-refractivity contribution in [2.45, 2.75) is 6.92 Å². The van der Waals surface area contributed by atoms with Crippen molar-refractivity contribution in [3.63, 3.8) is 0 Å². The summed E-state index contributed by atoms with van der Waals surface area (Å²) in [7, 11) is 3.31. The molecule has 8 heteroatoms. The minimum absolute atomic E-state index is 0.0796. The summed E-state index contributed by atoms with van der Waals surface area (Å²) in [6, 6.07) is 4.32. The Hall–Kier alpha value is -2.77. The van der Waals surface area contributed by atoms with Crippen LogP contribution in [0.25, 0.3) is 0 Å². The zero-order chi connectivity index (χ0) is 16.5. The highest BCUT2D eigenvalue weighted by Gasteiger charge is 2.10. The Bertz CT molecular complexity index is 558. The van der Waals surface area contributed by atoms with Gasteiger partial charge in [-0.25, -0.2) is 10.2 Å². The number of primary amides is 1.